The monoisotopic (exact) mass is 612 g/mol. The number of benzene rings is 3. The van der Waals surface area contributed by atoms with Crippen molar-refractivity contribution < 1.29 is 13.2 Å². The molecule has 38 heavy (non-hydrogen) atoms. The second-order valence-corrected chi connectivity index (χ2v) is 11.8. The lowest BCUT2D eigenvalue weighted by molar-refractivity contribution is -0.119. The Hall–Kier alpha value is -3.40. The molecule has 0 unspecified atom stereocenters. The van der Waals surface area contributed by atoms with Crippen LogP contribution in [0.3, 0.4) is 0 Å². The van der Waals surface area contributed by atoms with Crippen LogP contribution in [0, 0.1) is 20.8 Å². The van der Waals surface area contributed by atoms with Crippen LogP contribution in [0.25, 0.3) is 5.69 Å². The number of sulfonamides is 1. The quantitative estimate of drug-likeness (QED) is 0.191. The summed E-state index contributed by atoms with van der Waals surface area (Å²) in [4.78, 5) is 13.0. The van der Waals surface area contributed by atoms with E-state index in [2.05, 4.69) is 31.0 Å². The van der Waals surface area contributed by atoms with E-state index in [1.54, 1.807) is 49.5 Å². The predicted octanol–water partition coefficient (Wildman–Crippen LogP) is 6.16. The lowest BCUT2D eigenvalue weighted by Gasteiger charge is -2.25. The Labute approximate surface area is 235 Å². The molecule has 0 fully saturated rings. The number of aryl methyl sites for hydroxylation is 1. The van der Waals surface area contributed by atoms with Crippen LogP contribution in [0.4, 0.5) is 5.69 Å². The molecular weight excluding hydrogens is 588 g/mol. The molecule has 0 aliphatic carbocycles. The van der Waals surface area contributed by atoms with Gasteiger partial charge >= 0.3 is 0 Å². The van der Waals surface area contributed by atoms with E-state index in [0.29, 0.717) is 16.3 Å². The number of hydrazone groups is 1. The minimum atomic E-state index is -4.05. The summed E-state index contributed by atoms with van der Waals surface area (Å²) >= 11 is 9.73. The number of aromatic nitrogens is 1. The summed E-state index contributed by atoms with van der Waals surface area (Å²) in [6.45, 7) is 5.19. The molecule has 7 nitrogen and oxygen atoms in total. The minimum Gasteiger partial charge on any atom is -0.318 e. The van der Waals surface area contributed by atoms with Crippen molar-refractivity contribution in [2.24, 2.45) is 5.10 Å². The number of rotatable bonds is 8. The molecular formula is C28H26BrClN4O3S. The summed E-state index contributed by atoms with van der Waals surface area (Å²) in [5.41, 5.74) is 7.12. The summed E-state index contributed by atoms with van der Waals surface area (Å²) in [5.74, 6) is -0.596. The zero-order chi connectivity index (χ0) is 27.4. The molecule has 0 aliphatic rings. The van der Waals surface area contributed by atoms with Gasteiger partial charge in [0.25, 0.3) is 15.9 Å². The van der Waals surface area contributed by atoms with E-state index in [1.165, 1.54) is 12.1 Å². The van der Waals surface area contributed by atoms with Crippen molar-refractivity contribution in [1.82, 2.24) is 9.99 Å². The van der Waals surface area contributed by atoms with Crippen LogP contribution in [-0.2, 0) is 14.8 Å². The highest BCUT2D eigenvalue weighted by Gasteiger charge is 2.28. The van der Waals surface area contributed by atoms with E-state index in [-0.39, 0.29) is 4.90 Å². The summed E-state index contributed by atoms with van der Waals surface area (Å²) < 4.78 is 31.2. The van der Waals surface area contributed by atoms with Crippen molar-refractivity contribution in [2.75, 3.05) is 10.8 Å². The largest absolute Gasteiger partial charge is 0.318 e. The highest BCUT2D eigenvalue weighted by molar-refractivity contribution is 9.10. The van der Waals surface area contributed by atoms with Gasteiger partial charge in [-0.15, -0.1) is 0 Å². The van der Waals surface area contributed by atoms with Crippen LogP contribution >= 0.6 is 27.5 Å². The SMILES string of the molecule is Cc1c(Cl)cccc1N(CC(=O)N/N=C\c1cc(C)n(-c2ccc(Br)cc2)c1C)S(=O)(=O)c1ccccc1. The molecule has 3 aromatic carbocycles. The molecule has 0 radical (unpaired) electrons. The van der Waals surface area contributed by atoms with E-state index >= 15 is 0 Å². The van der Waals surface area contributed by atoms with Crippen molar-refractivity contribution >= 4 is 55.4 Å². The molecule has 1 heterocycles. The van der Waals surface area contributed by atoms with Gasteiger partial charge in [0.1, 0.15) is 6.54 Å². The van der Waals surface area contributed by atoms with Crippen molar-refractivity contribution in [3.8, 4) is 5.69 Å². The molecule has 4 rings (SSSR count). The molecule has 0 saturated carbocycles. The first-order chi connectivity index (χ1) is 18.1. The summed E-state index contributed by atoms with van der Waals surface area (Å²) in [5, 5.41) is 4.51. The summed E-state index contributed by atoms with van der Waals surface area (Å²) in [6.07, 6.45) is 1.55. The highest BCUT2D eigenvalue weighted by Crippen LogP contribution is 2.30. The third-order valence-electron chi connectivity index (χ3n) is 6.07. The van der Waals surface area contributed by atoms with Crippen molar-refractivity contribution in [3.63, 3.8) is 0 Å². The Balaban J connectivity index is 1.57. The maximum absolute atomic E-state index is 13.5. The lowest BCUT2D eigenvalue weighted by atomic mass is 10.2. The molecule has 0 atom stereocenters. The van der Waals surface area contributed by atoms with Crippen LogP contribution in [-0.4, -0.2) is 31.7 Å². The molecule has 0 saturated heterocycles. The van der Waals surface area contributed by atoms with Crippen LogP contribution < -0.4 is 9.73 Å². The van der Waals surface area contributed by atoms with Gasteiger partial charge in [-0.05, 0) is 80.9 Å². The zero-order valence-corrected chi connectivity index (χ0v) is 24.2. The molecule has 0 bridgehead atoms. The Kier molecular flexibility index (Phi) is 8.40. The number of nitrogens with one attached hydrogen (secondary N) is 1. The van der Waals surface area contributed by atoms with Crippen LogP contribution in [0.5, 0.6) is 0 Å². The molecule has 4 aromatic rings. The van der Waals surface area contributed by atoms with Gasteiger partial charge in [0.15, 0.2) is 0 Å². The summed E-state index contributed by atoms with van der Waals surface area (Å²) in [7, 11) is -4.05. The average molecular weight is 614 g/mol. The van der Waals surface area contributed by atoms with Crippen molar-refractivity contribution in [1.29, 1.82) is 0 Å². The normalized spacial score (nSPS) is 11.6. The topological polar surface area (TPSA) is 83.8 Å². The Morgan fingerprint density at radius 1 is 1.03 bits per heavy atom. The maximum atomic E-state index is 13.5. The van der Waals surface area contributed by atoms with Crippen LogP contribution in [0.1, 0.15) is 22.5 Å². The first-order valence-electron chi connectivity index (χ1n) is 11.7. The fourth-order valence-electron chi connectivity index (χ4n) is 4.13. The number of carbonyl (C=O) groups is 1. The second-order valence-electron chi connectivity index (χ2n) is 8.64. The number of nitrogens with zero attached hydrogens (tertiary/aromatic N) is 3. The zero-order valence-electron chi connectivity index (χ0n) is 21.0. The first kappa shape index (κ1) is 27.6. The Bertz CT molecular complexity index is 1600. The van der Waals surface area contributed by atoms with Gasteiger partial charge in [-0.2, -0.15) is 5.10 Å². The minimum absolute atomic E-state index is 0.0658. The fraction of sp³-hybridized carbons (Fsp3) is 0.143. The van der Waals surface area contributed by atoms with Gasteiger partial charge in [-0.3, -0.25) is 9.10 Å². The molecule has 1 amide bonds. The van der Waals surface area contributed by atoms with Crippen molar-refractivity contribution in [3.05, 3.63) is 111 Å². The number of anilines is 1. The smallest absolute Gasteiger partial charge is 0.264 e. The molecule has 1 aromatic heterocycles. The number of carbonyl (C=O) groups excluding carboxylic acids is 1. The van der Waals surface area contributed by atoms with E-state index in [0.717, 1.165) is 31.4 Å². The van der Waals surface area contributed by atoms with Crippen LogP contribution in [0.15, 0.2) is 93.3 Å². The molecule has 0 spiro atoms. The number of hydrogen-bond donors (Lipinski definition) is 1. The maximum Gasteiger partial charge on any atom is 0.264 e. The Morgan fingerprint density at radius 3 is 2.39 bits per heavy atom. The van der Waals surface area contributed by atoms with Gasteiger partial charge in [-0.1, -0.05) is 51.8 Å². The van der Waals surface area contributed by atoms with E-state index in [4.69, 9.17) is 11.6 Å². The molecule has 0 aliphatic heterocycles. The first-order valence-corrected chi connectivity index (χ1v) is 14.3. The van der Waals surface area contributed by atoms with Gasteiger partial charge in [-0.25, -0.2) is 13.8 Å². The average Bonchev–Trinajstić information content (AvgIpc) is 3.18. The number of halogens is 2. The number of amides is 1. The van der Waals surface area contributed by atoms with Crippen LogP contribution in [0.2, 0.25) is 5.02 Å². The highest BCUT2D eigenvalue weighted by atomic mass is 79.9. The lowest BCUT2D eigenvalue weighted by Crippen LogP contribution is -2.40. The molecule has 196 valence electrons. The fourth-order valence-corrected chi connectivity index (χ4v) is 6.06. The second kappa shape index (κ2) is 11.6. The summed E-state index contributed by atoms with van der Waals surface area (Å²) in [6, 6.07) is 22.8. The van der Waals surface area contributed by atoms with Crippen molar-refractivity contribution in [2.45, 2.75) is 25.7 Å². The number of hydrogen-bond acceptors (Lipinski definition) is 4. The van der Waals surface area contributed by atoms with Gasteiger partial charge in [0.2, 0.25) is 0 Å². The van der Waals surface area contributed by atoms with E-state index in [9.17, 15) is 13.2 Å². The Morgan fingerprint density at radius 2 is 1.71 bits per heavy atom. The van der Waals surface area contributed by atoms with E-state index in [1.807, 2.05) is 44.2 Å². The van der Waals surface area contributed by atoms with Gasteiger partial charge in [0, 0.05) is 32.1 Å². The predicted molar refractivity (Wildman–Crippen MR) is 156 cm³/mol. The third-order valence-corrected chi connectivity index (χ3v) is 8.79. The van der Waals surface area contributed by atoms with Gasteiger partial charge < -0.3 is 4.57 Å². The van der Waals surface area contributed by atoms with Gasteiger partial charge in [0.05, 0.1) is 16.8 Å². The molecule has 1 N–H and O–H groups in total. The standard InChI is InChI=1S/C28H26BrClN4O3S/c1-19-16-22(21(3)34(19)24-14-12-23(29)13-15-24)17-31-32-28(35)18-33(27-11-7-10-26(30)20(27)2)38(36,37)25-8-5-4-6-9-25/h4-17H,18H2,1-3H3,(H,32,35)/b31-17-. The van der Waals surface area contributed by atoms with E-state index < -0.39 is 22.5 Å². The third kappa shape index (κ3) is 5.85. The molecule has 10 heteroatoms.